The number of carbonyl (C=O) groups is 1. The molecule has 0 bridgehead atoms. The van der Waals surface area contributed by atoms with Crippen molar-refractivity contribution in [3.8, 4) is 11.5 Å². The van der Waals surface area contributed by atoms with Crippen molar-refractivity contribution in [2.75, 3.05) is 18.5 Å². The van der Waals surface area contributed by atoms with Gasteiger partial charge in [0.1, 0.15) is 30.5 Å². The van der Waals surface area contributed by atoms with E-state index in [0.717, 1.165) is 18.2 Å². The van der Waals surface area contributed by atoms with Crippen LogP contribution in [0.2, 0.25) is 0 Å². The van der Waals surface area contributed by atoms with E-state index in [1.165, 1.54) is 6.07 Å². The molecule has 7 nitrogen and oxygen atoms in total. The summed E-state index contributed by atoms with van der Waals surface area (Å²) >= 11 is 0. The second kappa shape index (κ2) is 9.32. The van der Waals surface area contributed by atoms with Gasteiger partial charge in [-0.3, -0.25) is 14.9 Å². The molecule has 0 heterocycles. The predicted octanol–water partition coefficient (Wildman–Crippen LogP) is 4.44. The van der Waals surface area contributed by atoms with Crippen LogP contribution in [-0.2, 0) is 0 Å². The zero-order valence-electron chi connectivity index (χ0n) is 15.2. The molecule has 0 unspecified atom stereocenters. The smallest absolute Gasteiger partial charge is 0.271 e. The number of ether oxygens (including phenoxy) is 2. The number of hydrogen-bond acceptors (Lipinski definition) is 5. The van der Waals surface area contributed by atoms with Crippen LogP contribution >= 0.6 is 0 Å². The average molecular weight is 396 g/mol. The number of nitro benzene ring substituents is 1. The lowest BCUT2D eigenvalue weighted by molar-refractivity contribution is -0.384. The minimum atomic E-state index is -0.779. The van der Waals surface area contributed by atoms with Gasteiger partial charge in [0.15, 0.2) is 0 Å². The fraction of sp³-hybridized carbons (Fsp3) is 0.0952. The molecule has 0 atom stereocenters. The van der Waals surface area contributed by atoms with Crippen LogP contribution in [-0.4, -0.2) is 24.0 Å². The summed E-state index contributed by atoms with van der Waals surface area (Å²) in [6, 6.07) is 18.6. The van der Waals surface area contributed by atoms with Crippen molar-refractivity contribution in [3.63, 3.8) is 0 Å². The number of nitro groups is 1. The number of nitrogens with zero attached hydrogens (tertiary/aromatic N) is 1. The van der Waals surface area contributed by atoms with Gasteiger partial charge in [0, 0.05) is 12.1 Å². The van der Waals surface area contributed by atoms with Gasteiger partial charge in [0.2, 0.25) is 0 Å². The van der Waals surface area contributed by atoms with E-state index in [1.54, 1.807) is 18.2 Å². The SMILES string of the molecule is O=C(Nc1cc([N+](=O)[O-])ccc1F)c1ccccc1OCCOc1ccccc1. The highest BCUT2D eigenvalue weighted by atomic mass is 19.1. The maximum atomic E-state index is 13.9. The summed E-state index contributed by atoms with van der Waals surface area (Å²) < 4.78 is 25.1. The summed E-state index contributed by atoms with van der Waals surface area (Å²) in [6.07, 6.45) is 0. The lowest BCUT2D eigenvalue weighted by atomic mass is 10.1. The van der Waals surface area contributed by atoms with Crippen LogP contribution in [0.3, 0.4) is 0 Å². The third-order valence-corrected chi connectivity index (χ3v) is 3.89. The Bertz CT molecular complexity index is 1010. The number of non-ortho nitro benzene ring substituents is 1. The molecule has 0 saturated carbocycles. The molecular formula is C21H17FN2O5. The number of rotatable bonds is 8. The Balaban J connectivity index is 1.66. The molecule has 148 valence electrons. The number of para-hydroxylation sites is 2. The number of halogens is 1. The molecular weight excluding hydrogens is 379 g/mol. The first-order valence-corrected chi connectivity index (χ1v) is 8.69. The molecule has 8 heteroatoms. The van der Waals surface area contributed by atoms with Crippen molar-refractivity contribution in [1.82, 2.24) is 0 Å². The molecule has 0 aliphatic heterocycles. The molecule has 0 aromatic heterocycles. The highest BCUT2D eigenvalue weighted by Gasteiger charge is 2.17. The van der Waals surface area contributed by atoms with E-state index in [2.05, 4.69) is 5.32 Å². The Morgan fingerprint density at radius 2 is 1.66 bits per heavy atom. The largest absolute Gasteiger partial charge is 0.490 e. The lowest BCUT2D eigenvalue weighted by Gasteiger charge is -2.12. The van der Waals surface area contributed by atoms with Crippen molar-refractivity contribution in [1.29, 1.82) is 0 Å². The molecule has 3 aromatic carbocycles. The van der Waals surface area contributed by atoms with Crippen LogP contribution in [0.25, 0.3) is 0 Å². The Morgan fingerprint density at radius 3 is 2.41 bits per heavy atom. The molecule has 0 fully saturated rings. The second-order valence-corrected chi connectivity index (χ2v) is 5.88. The van der Waals surface area contributed by atoms with Crippen molar-refractivity contribution >= 4 is 17.3 Å². The summed E-state index contributed by atoms with van der Waals surface area (Å²) in [4.78, 5) is 22.8. The van der Waals surface area contributed by atoms with E-state index in [9.17, 15) is 19.3 Å². The van der Waals surface area contributed by atoms with Gasteiger partial charge >= 0.3 is 0 Å². The maximum Gasteiger partial charge on any atom is 0.271 e. The van der Waals surface area contributed by atoms with Crippen molar-refractivity contribution in [3.05, 3.63) is 94.3 Å². The fourth-order valence-electron chi connectivity index (χ4n) is 2.52. The number of amides is 1. The van der Waals surface area contributed by atoms with Gasteiger partial charge in [-0.1, -0.05) is 30.3 Å². The van der Waals surface area contributed by atoms with E-state index in [4.69, 9.17) is 9.47 Å². The van der Waals surface area contributed by atoms with Crippen LogP contribution in [0.5, 0.6) is 11.5 Å². The lowest BCUT2D eigenvalue weighted by Crippen LogP contribution is -2.16. The molecule has 1 amide bonds. The van der Waals surface area contributed by atoms with Crippen LogP contribution < -0.4 is 14.8 Å². The van der Waals surface area contributed by atoms with Gasteiger partial charge in [-0.25, -0.2) is 4.39 Å². The molecule has 1 N–H and O–H groups in total. The number of hydrogen-bond donors (Lipinski definition) is 1. The summed E-state index contributed by atoms with van der Waals surface area (Å²) in [5.74, 6) is -0.446. The van der Waals surface area contributed by atoms with E-state index >= 15 is 0 Å². The molecule has 0 saturated heterocycles. The van der Waals surface area contributed by atoms with Crippen LogP contribution in [0.4, 0.5) is 15.8 Å². The Labute approximate surface area is 165 Å². The minimum absolute atomic E-state index is 0.165. The first kappa shape index (κ1) is 19.8. The molecule has 0 spiro atoms. The second-order valence-electron chi connectivity index (χ2n) is 5.88. The van der Waals surface area contributed by atoms with Gasteiger partial charge < -0.3 is 14.8 Å². The number of anilines is 1. The Morgan fingerprint density at radius 1 is 0.966 bits per heavy atom. The Hall–Kier alpha value is -3.94. The molecule has 0 aliphatic carbocycles. The van der Waals surface area contributed by atoms with E-state index < -0.39 is 16.6 Å². The van der Waals surface area contributed by atoms with Gasteiger partial charge in [-0.2, -0.15) is 0 Å². The number of nitrogens with one attached hydrogen (secondary N) is 1. The normalized spacial score (nSPS) is 10.2. The number of benzene rings is 3. The highest BCUT2D eigenvalue weighted by Crippen LogP contribution is 2.24. The quantitative estimate of drug-likeness (QED) is 0.345. The third kappa shape index (κ3) is 5.29. The molecule has 0 aliphatic rings. The summed E-state index contributed by atoms with van der Waals surface area (Å²) in [6.45, 7) is 0.448. The van der Waals surface area contributed by atoms with E-state index in [0.29, 0.717) is 5.75 Å². The van der Waals surface area contributed by atoms with Gasteiger partial charge in [0.05, 0.1) is 16.2 Å². The van der Waals surface area contributed by atoms with E-state index in [-0.39, 0.29) is 35.9 Å². The highest BCUT2D eigenvalue weighted by molar-refractivity contribution is 6.06. The average Bonchev–Trinajstić information content (AvgIpc) is 2.73. The predicted molar refractivity (Wildman–Crippen MR) is 105 cm³/mol. The van der Waals surface area contributed by atoms with Gasteiger partial charge in [-0.15, -0.1) is 0 Å². The van der Waals surface area contributed by atoms with Crippen molar-refractivity contribution in [2.24, 2.45) is 0 Å². The standard InChI is InChI=1S/C21H17FN2O5/c22-18-11-10-15(24(26)27)14-19(18)23-21(25)17-8-4-5-9-20(17)29-13-12-28-16-6-2-1-3-7-16/h1-11,14H,12-13H2,(H,23,25). The molecule has 29 heavy (non-hydrogen) atoms. The maximum absolute atomic E-state index is 13.9. The summed E-state index contributed by atoms with van der Waals surface area (Å²) in [7, 11) is 0. The van der Waals surface area contributed by atoms with Crippen LogP contribution in [0.15, 0.2) is 72.8 Å². The zero-order chi connectivity index (χ0) is 20.6. The molecule has 0 radical (unpaired) electrons. The first-order valence-electron chi connectivity index (χ1n) is 8.69. The Kier molecular flexibility index (Phi) is 6.36. The van der Waals surface area contributed by atoms with Crippen LogP contribution in [0.1, 0.15) is 10.4 Å². The van der Waals surface area contributed by atoms with E-state index in [1.807, 2.05) is 30.3 Å². The zero-order valence-corrected chi connectivity index (χ0v) is 15.2. The molecule has 3 rings (SSSR count). The summed E-state index contributed by atoms with van der Waals surface area (Å²) in [5, 5.41) is 13.2. The number of carbonyl (C=O) groups excluding carboxylic acids is 1. The van der Waals surface area contributed by atoms with Gasteiger partial charge in [-0.05, 0) is 30.3 Å². The van der Waals surface area contributed by atoms with Gasteiger partial charge in [0.25, 0.3) is 11.6 Å². The van der Waals surface area contributed by atoms with Crippen molar-refractivity contribution in [2.45, 2.75) is 0 Å². The first-order chi connectivity index (χ1) is 14.0. The molecule has 3 aromatic rings. The fourth-order valence-corrected chi connectivity index (χ4v) is 2.52. The van der Waals surface area contributed by atoms with Crippen molar-refractivity contribution < 1.29 is 23.6 Å². The monoisotopic (exact) mass is 396 g/mol. The van der Waals surface area contributed by atoms with Crippen LogP contribution in [0, 0.1) is 15.9 Å². The minimum Gasteiger partial charge on any atom is -0.490 e. The summed E-state index contributed by atoms with van der Waals surface area (Å²) in [5.41, 5.74) is -0.450. The topological polar surface area (TPSA) is 90.7 Å². The third-order valence-electron chi connectivity index (χ3n) is 3.89.